The molecule has 2 aromatic rings. The van der Waals surface area contributed by atoms with Crippen molar-refractivity contribution < 1.29 is 22.8 Å². The van der Waals surface area contributed by atoms with Gasteiger partial charge >= 0.3 is 0 Å². The van der Waals surface area contributed by atoms with E-state index in [1.54, 1.807) is 7.05 Å². The van der Waals surface area contributed by atoms with Crippen molar-refractivity contribution in [1.29, 1.82) is 0 Å². The molecule has 2 aromatic carbocycles. The number of nitrogens with zero attached hydrogens (tertiary/aromatic N) is 1. The van der Waals surface area contributed by atoms with Gasteiger partial charge in [0, 0.05) is 25.9 Å². The minimum Gasteiger partial charge on any atom is -0.344 e. The van der Waals surface area contributed by atoms with Crippen molar-refractivity contribution in [2.24, 2.45) is 5.92 Å². The fraction of sp³-hybridized carbons (Fsp3) is 0.300. The Morgan fingerprint density at radius 1 is 1.15 bits per heavy atom. The molecule has 0 spiro atoms. The van der Waals surface area contributed by atoms with Gasteiger partial charge < -0.3 is 4.90 Å². The number of ketones is 1. The lowest BCUT2D eigenvalue weighted by Crippen LogP contribution is -2.29. The van der Waals surface area contributed by atoms with E-state index >= 15 is 0 Å². The number of aryl methyl sites for hydroxylation is 1. The van der Waals surface area contributed by atoms with Crippen LogP contribution in [0.1, 0.15) is 22.6 Å². The van der Waals surface area contributed by atoms with Crippen molar-refractivity contribution >= 4 is 11.7 Å². The van der Waals surface area contributed by atoms with Gasteiger partial charge in [-0.05, 0) is 24.1 Å². The molecule has 1 amide bonds. The third kappa shape index (κ3) is 3.23. The molecule has 3 nitrogen and oxygen atoms in total. The van der Waals surface area contributed by atoms with Crippen molar-refractivity contribution in [2.45, 2.75) is 19.3 Å². The second-order valence-electron chi connectivity index (χ2n) is 6.69. The quantitative estimate of drug-likeness (QED) is 0.618. The van der Waals surface area contributed by atoms with Crippen molar-refractivity contribution in [3.05, 3.63) is 70.5 Å². The average molecular weight is 361 g/mol. The number of amides is 1. The molecule has 0 N–H and O–H groups in total. The number of hydrogen-bond acceptors (Lipinski definition) is 2. The first kappa shape index (κ1) is 18.2. The van der Waals surface area contributed by atoms with E-state index in [4.69, 9.17) is 0 Å². The number of Topliss-reactive ketones (excluding diaryl/α,β-unsaturated/α-hetero) is 1. The second kappa shape index (κ2) is 6.94. The van der Waals surface area contributed by atoms with E-state index in [0.29, 0.717) is 6.54 Å². The highest BCUT2D eigenvalue weighted by Gasteiger charge is 2.43. The van der Waals surface area contributed by atoms with Crippen LogP contribution >= 0.6 is 0 Å². The lowest BCUT2D eigenvalue weighted by atomic mass is 9.83. The first-order valence-corrected chi connectivity index (χ1v) is 8.26. The number of carbonyl (C=O) groups is 2. The van der Waals surface area contributed by atoms with Crippen molar-refractivity contribution in [2.75, 3.05) is 13.6 Å². The summed E-state index contributed by atoms with van der Waals surface area (Å²) in [6.45, 7) is 2.29. The molecule has 26 heavy (non-hydrogen) atoms. The zero-order valence-electron chi connectivity index (χ0n) is 14.4. The lowest BCUT2D eigenvalue weighted by Gasteiger charge is -2.17. The van der Waals surface area contributed by atoms with Crippen LogP contribution in [-0.4, -0.2) is 30.2 Å². The Hall–Kier alpha value is -2.63. The number of benzene rings is 2. The van der Waals surface area contributed by atoms with E-state index in [-0.39, 0.29) is 17.4 Å². The zero-order chi connectivity index (χ0) is 19.0. The van der Waals surface area contributed by atoms with Gasteiger partial charge in [0.1, 0.15) is 11.7 Å². The van der Waals surface area contributed by atoms with E-state index in [0.717, 1.165) is 23.3 Å². The van der Waals surface area contributed by atoms with Gasteiger partial charge in [0.25, 0.3) is 0 Å². The number of halogens is 3. The minimum absolute atomic E-state index is 0.251. The van der Waals surface area contributed by atoms with Crippen molar-refractivity contribution in [3.8, 4) is 0 Å². The minimum atomic E-state index is -1.61. The summed E-state index contributed by atoms with van der Waals surface area (Å²) >= 11 is 0. The Kier molecular flexibility index (Phi) is 4.85. The zero-order valence-corrected chi connectivity index (χ0v) is 14.4. The summed E-state index contributed by atoms with van der Waals surface area (Å²) in [5.74, 6) is -6.47. The van der Waals surface area contributed by atoms with Crippen LogP contribution in [0.2, 0.25) is 0 Å². The third-order valence-corrected chi connectivity index (χ3v) is 4.81. The molecule has 1 heterocycles. The molecule has 136 valence electrons. The maximum atomic E-state index is 13.9. The molecular formula is C20H18F3NO2. The molecule has 0 bridgehead atoms. The monoisotopic (exact) mass is 361 g/mol. The first-order valence-electron chi connectivity index (χ1n) is 8.26. The normalized spacial score (nSPS) is 19.9. The van der Waals surface area contributed by atoms with Crippen LogP contribution < -0.4 is 0 Å². The molecule has 1 aliphatic rings. The molecule has 2 atom stereocenters. The van der Waals surface area contributed by atoms with Crippen LogP contribution in [-0.2, 0) is 16.0 Å². The van der Waals surface area contributed by atoms with Crippen molar-refractivity contribution in [1.82, 2.24) is 4.90 Å². The Balaban J connectivity index is 1.91. The van der Waals surface area contributed by atoms with Gasteiger partial charge in [0.15, 0.2) is 17.5 Å². The highest BCUT2D eigenvalue weighted by Crippen LogP contribution is 2.35. The molecule has 1 aliphatic heterocycles. The van der Waals surface area contributed by atoms with Gasteiger partial charge in [-0.1, -0.05) is 35.9 Å². The largest absolute Gasteiger partial charge is 0.344 e. The Bertz CT molecular complexity index is 881. The smallest absolute Gasteiger partial charge is 0.233 e. The molecule has 6 heteroatoms. The molecule has 0 saturated carbocycles. The van der Waals surface area contributed by atoms with Crippen LogP contribution in [0.4, 0.5) is 13.2 Å². The first-order chi connectivity index (χ1) is 12.3. The molecule has 1 fully saturated rings. The summed E-state index contributed by atoms with van der Waals surface area (Å²) in [5, 5.41) is 0. The molecule has 0 unspecified atom stereocenters. The lowest BCUT2D eigenvalue weighted by molar-refractivity contribution is -0.136. The summed E-state index contributed by atoms with van der Waals surface area (Å²) in [4.78, 5) is 26.7. The van der Waals surface area contributed by atoms with E-state index in [1.807, 2.05) is 31.2 Å². The van der Waals surface area contributed by atoms with Crippen LogP contribution in [0, 0.1) is 30.3 Å². The van der Waals surface area contributed by atoms with E-state index in [1.165, 1.54) is 4.90 Å². The Labute approximate surface area is 149 Å². The van der Waals surface area contributed by atoms with Crippen molar-refractivity contribution in [3.63, 3.8) is 0 Å². The number of rotatable bonds is 4. The van der Waals surface area contributed by atoms with Gasteiger partial charge in [0.2, 0.25) is 5.91 Å². The molecule has 1 saturated heterocycles. The summed E-state index contributed by atoms with van der Waals surface area (Å²) in [5.41, 5.74) is 1.61. The van der Waals surface area contributed by atoms with Gasteiger partial charge in [0.05, 0.1) is 0 Å². The predicted molar refractivity (Wildman–Crippen MR) is 90.1 cm³/mol. The van der Waals surface area contributed by atoms with Crippen LogP contribution in [0.25, 0.3) is 0 Å². The number of likely N-dealkylation sites (N-methyl/N-ethyl adjacent to an activating group) is 1. The van der Waals surface area contributed by atoms with Gasteiger partial charge in [-0.15, -0.1) is 0 Å². The van der Waals surface area contributed by atoms with E-state index in [9.17, 15) is 22.8 Å². The van der Waals surface area contributed by atoms with Crippen LogP contribution in [0.15, 0.2) is 36.4 Å². The standard InChI is InChI=1S/C20H18F3NO2/c1-11-4-3-5-12(8-11)14-10-24(2)20(26)17(14)16(25)9-13-6-7-15(21)19(23)18(13)22/h3-8,14,17H,9-10H2,1-2H3/t14-,17+/m1/s1. The Morgan fingerprint density at radius 3 is 2.58 bits per heavy atom. The maximum absolute atomic E-state index is 13.9. The summed E-state index contributed by atoms with van der Waals surface area (Å²) in [7, 11) is 1.61. The highest BCUT2D eigenvalue weighted by atomic mass is 19.2. The number of likely N-dealkylation sites (tertiary alicyclic amines) is 1. The molecule has 3 rings (SSSR count). The molecular weight excluding hydrogens is 343 g/mol. The van der Waals surface area contributed by atoms with Crippen LogP contribution in [0.5, 0.6) is 0 Å². The summed E-state index contributed by atoms with van der Waals surface area (Å²) in [6.07, 6.45) is -0.463. The van der Waals surface area contributed by atoms with Gasteiger partial charge in [-0.2, -0.15) is 0 Å². The molecule has 0 radical (unpaired) electrons. The number of hydrogen-bond donors (Lipinski definition) is 0. The van der Waals surface area contributed by atoms with E-state index in [2.05, 4.69) is 0 Å². The average Bonchev–Trinajstić information content (AvgIpc) is 2.91. The predicted octanol–water partition coefficient (Wildman–Crippen LogP) is 3.40. The highest BCUT2D eigenvalue weighted by molar-refractivity contribution is 6.04. The van der Waals surface area contributed by atoms with Gasteiger partial charge in [-0.3, -0.25) is 9.59 Å². The fourth-order valence-corrected chi connectivity index (χ4v) is 3.46. The summed E-state index contributed by atoms with van der Waals surface area (Å²) in [6, 6.07) is 9.34. The Morgan fingerprint density at radius 2 is 1.88 bits per heavy atom. The molecule has 0 aromatic heterocycles. The topological polar surface area (TPSA) is 37.4 Å². The fourth-order valence-electron chi connectivity index (χ4n) is 3.46. The SMILES string of the molecule is Cc1cccc([C@H]2CN(C)C(=O)[C@@H]2C(=O)Cc2ccc(F)c(F)c2F)c1. The summed E-state index contributed by atoms with van der Waals surface area (Å²) < 4.78 is 40.4. The van der Waals surface area contributed by atoms with Crippen LogP contribution in [0.3, 0.4) is 0 Å². The molecule has 0 aliphatic carbocycles. The number of carbonyl (C=O) groups excluding carboxylic acids is 2. The maximum Gasteiger partial charge on any atom is 0.233 e. The third-order valence-electron chi connectivity index (χ3n) is 4.81. The van der Waals surface area contributed by atoms with E-state index < -0.39 is 35.6 Å². The van der Waals surface area contributed by atoms with Gasteiger partial charge in [-0.25, -0.2) is 13.2 Å². The second-order valence-corrected chi connectivity index (χ2v) is 6.69.